The number of nitrogens with zero attached hydrogens (tertiary/aromatic N) is 3. The number of nitrogens with one attached hydrogen (secondary N) is 1. The number of hydrogen-bond donors (Lipinski definition) is 1. The fraction of sp³-hybridized carbons (Fsp3) is 0.476. The molecule has 146 valence electrons. The molecule has 28 heavy (non-hydrogen) atoms. The normalized spacial score (nSPS) is 20.5. The second-order valence-electron chi connectivity index (χ2n) is 7.98. The molecule has 1 aliphatic carbocycles. The van der Waals surface area contributed by atoms with Crippen molar-refractivity contribution in [1.29, 1.82) is 0 Å². The SMILES string of the molecule is Cc1nc(-c2cc(O[C@H](C)C3CNC(=O)C3)c3c(c2)ncn3C2CC2)sc1C. The van der Waals surface area contributed by atoms with E-state index >= 15 is 0 Å². The van der Waals surface area contributed by atoms with Gasteiger partial charge in [-0.05, 0) is 45.7 Å². The van der Waals surface area contributed by atoms with Gasteiger partial charge in [0.05, 0.1) is 17.5 Å². The molecule has 2 atom stereocenters. The molecule has 7 heteroatoms. The summed E-state index contributed by atoms with van der Waals surface area (Å²) >= 11 is 1.70. The van der Waals surface area contributed by atoms with E-state index in [9.17, 15) is 4.79 Å². The summed E-state index contributed by atoms with van der Waals surface area (Å²) in [6.07, 6.45) is 4.78. The molecular weight excluding hydrogens is 372 g/mol. The van der Waals surface area contributed by atoms with E-state index in [0.717, 1.165) is 33.0 Å². The van der Waals surface area contributed by atoms with Crippen molar-refractivity contribution in [2.45, 2.75) is 52.2 Å². The number of aryl methyl sites for hydroxylation is 2. The molecular formula is C21H24N4O2S. The number of carbonyl (C=O) groups is 1. The van der Waals surface area contributed by atoms with Gasteiger partial charge in [-0.1, -0.05) is 0 Å². The first kappa shape index (κ1) is 17.7. The standard InChI is InChI=1S/C21H24N4O2S/c1-11-13(3)28-21(24-11)14-6-17-20(25(10-23-17)16-4-5-16)18(7-14)27-12(2)15-8-19(26)22-9-15/h6-7,10,12,15-16H,4-5,8-9H2,1-3H3,(H,22,26)/t12-,15?/m1/s1. The second kappa shape index (κ2) is 6.58. The maximum atomic E-state index is 11.6. The van der Waals surface area contributed by atoms with Crippen LogP contribution in [0.25, 0.3) is 21.6 Å². The number of ether oxygens (including phenoxy) is 1. The lowest BCUT2D eigenvalue weighted by Gasteiger charge is -2.21. The van der Waals surface area contributed by atoms with Gasteiger partial charge in [-0.3, -0.25) is 4.79 Å². The van der Waals surface area contributed by atoms with Gasteiger partial charge in [0, 0.05) is 35.4 Å². The monoisotopic (exact) mass is 396 g/mol. The van der Waals surface area contributed by atoms with Crippen LogP contribution < -0.4 is 10.1 Å². The first-order chi connectivity index (χ1) is 13.5. The molecule has 1 aliphatic heterocycles. The number of benzene rings is 1. The van der Waals surface area contributed by atoms with Gasteiger partial charge in [-0.2, -0.15) is 0 Å². The molecule has 3 aromatic rings. The molecule has 1 N–H and O–H groups in total. The summed E-state index contributed by atoms with van der Waals surface area (Å²) in [5.74, 6) is 1.14. The van der Waals surface area contributed by atoms with Gasteiger partial charge in [0.1, 0.15) is 22.4 Å². The average Bonchev–Trinajstić information content (AvgIpc) is 3.10. The fourth-order valence-electron chi connectivity index (χ4n) is 3.83. The van der Waals surface area contributed by atoms with Crippen molar-refractivity contribution in [3.05, 3.63) is 29.0 Å². The predicted octanol–water partition coefficient (Wildman–Crippen LogP) is 4.01. The van der Waals surface area contributed by atoms with Crippen molar-refractivity contribution < 1.29 is 9.53 Å². The highest BCUT2D eigenvalue weighted by Gasteiger charge is 2.30. The topological polar surface area (TPSA) is 69.0 Å². The second-order valence-corrected chi connectivity index (χ2v) is 9.18. The van der Waals surface area contributed by atoms with E-state index in [0.29, 0.717) is 19.0 Å². The zero-order valence-electron chi connectivity index (χ0n) is 16.4. The van der Waals surface area contributed by atoms with Crippen LogP contribution in [0.5, 0.6) is 5.75 Å². The van der Waals surface area contributed by atoms with Crippen LogP contribution in [0, 0.1) is 19.8 Å². The maximum Gasteiger partial charge on any atom is 0.220 e. The Hall–Kier alpha value is -2.41. The summed E-state index contributed by atoms with van der Waals surface area (Å²) in [4.78, 5) is 22.2. The molecule has 2 aliphatic rings. The molecule has 1 unspecified atom stereocenters. The van der Waals surface area contributed by atoms with Gasteiger partial charge in [0.2, 0.25) is 5.91 Å². The minimum absolute atomic E-state index is 0.0558. The molecule has 6 nitrogen and oxygen atoms in total. The first-order valence-electron chi connectivity index (χ1n) is 9.88. The summed E-state index contributed by atoms with van der Waals surface area (Å²) in [5, 5.41) is 3.90. The van der Waals surface area contributed by atoms with Crippen LogP contribution >= 0.6 is 11.3 Å². The van der Waals surface area contributed by atoms with Crippen molar-refractivity contribution in [3.63, 3.8) is 0 Å². The van der Waals surface area contributed by atoms with Crippen LogP contribution in [0.3, 0.4) is 0 Å². The smallest absolute Gasteiger partial charge is 0.220 e. The Balaban J connectivity index is 1.57. The average molecular weight is 397 g/mol. The summed E-state index contributed by atoms with van der Waals surface area (Å²) < 4.78 is 8.71. The number of aromatic nitrogens is 3. The number of thiazole rings is 1. The molecule has 2 fully saturated rings. The Labute approximate surface area is 167 Å². The van der Waals surface area contributed by atoms with E-state index in [1.807, 2.05) is 13.3 Å². The van der Waals surface area contributed by atoms with E-state index in [4.69, 9.17) is 9.72 Å². The van der Waals surface area contributed by atoms with E-state index in [1.165, 1.54) is 17.7 Å². The number of carbonyl (C=O) groups excluding carboxylic acids is 1. The van der Waals surface area contributed by atoms with Crippen LogP contribution in [0.4, 0.5) is 0 Å². The van der Waals surface area contributed by atoms with Crippen molar-refractivity contribution in [2.75, 3.05) is 6.54 Å². The highest BCUT2D eigenvalue weighted by Crippen LogP contribution is 2.42. The Bertz CT molecular complexity index is 1050. The molecule has 5 rings (SSSR count). The third kappa shape index (κ3) is 3.07. The molecule has 3 heterocycles. The minimum atomic E-state index is -0.0558. The van der Waals surface area contributed by atoms with Gasteiger partial charge in [-0.25, -0.2) is 9.97 Å². The van der Waals surface area contributed by atoms with Gasteiger partial charge >= 0.3 is 0 Å². The highest BCUT2D eigenvalue weighted by atomic mass is 32.1. The molecule has 0 radical (unpaired) electrons. The molecule has 1 saturated heterocycles. The van der Waals surface area contributed by atoms with Crippen LogP contribution in [-0.2, 0) is 4.79 Å². The Morgan fingerprint density at radius 1 is 1.32 bits per heavy atom. The van der Waals surface area contributed by atoms with Crippen LogP contribution in [0.1, 0.15) is 42.8 Å². The summed E-state index contributed by atoms with van der Waals surface area (Å²) in [6, 6.07) is 4.73. The van der Waals surface area contributed by atoms with E-state index in [-0.39, 0.29) is 17.9 Å². The Morgan fingerprint density at radius 2 is 2.14 bits per heavy atom. The molecule has 1 aromatic carbocycles. The van der Waals surface area contributed by atoms with E-state index in [2.05, 4.69) is 40.8 Å². The lowest BCUT2D eigenvalue weighted by atomic mass is 10.0. The highest BCUT2D eigenvalue weighted by molar-refractivity contribution is 7.15. The third-order valence-corrected chi connectivity index (χ3v) is 6.96. The van der Waals surface area contributed by atoms with Gasteiger partial charge in [-0.15, -0.1) is 11.3 Å². The number of fused-ring (bicyclic) bond motifs is 1. The number of hydrogen-bond acceptors (Lipinski definition) is 5. The lowest BCUT2D eigenvalue weighted by Crippen LogP contribution is -2.25. The van der Waals surface area contributed by atoms with Crippen molar-refractivity contribution in [1.82, 2.24) is 19.9 Å². The molecule has 0 spiro atoms. The first-order valence-corrected chi connectivity index (χ1v) is 10.7. The van der Waals surface area contributed by atoms with E-state index in [1.54, 1.807) is 11.3 Å². The maximum absolute atomic E-state index is 11.6. The summed E-state index contributed by atoms with van der Waals surface area (Å²) in [6.45, 7) is 6.87. The number of amides is 1. The Morgan fingerprint density at radius 3 is 2.79 bits per heavy atom. The molecule has 2 aromatic heterocycles. The molecule has 0 bridgehead atoms. The predicted molar refractivity (Wildman–Crippen MR) is 110 cm³/mol. The third-order valence-electron chi connectivity index (χ3n) is 5.84. The minimum Gasteiger partial charge on any atom is -0.488 e. The zero-order chi connectivity index (χ0) is 19.4. The summed E-state index contributed by atoms with van der Waals surface area (Å²) in [7, 11) is 0. The molecule has 1 saturated carbocycles. The fourth-order valence-corrected chi connectivity index (χ4v) is 4.73. The van der Waals surface area contributed by atoms with Crippen LogP contribution in [0.15, 0.2) is 18.5 Å². The Kier molecular flexibility index (Phi) is 4.16. The quantitative estimate of drug-likeness (QED) is 0.707. The lowest BCUT2D eigenvalue weighted by molar-refractivity contribution is -0.119. The largest absolute Gasteiger partial charge is 0.488 e. The van der Waals surface area contributed by atoms with Crippen molar-refractivity contribution >= 4 is 28.3 Å². The van der Waals surface area contributed by atoms with E-state index < -0.39 is 0 Å². The number of imidazole rings is 1. The summed E-state index contributed by atoms with van der Waals surface area (Å²) in [5.41, 5.74) is 4.10. The number of rotatable bonds is 5. The van der Waals surface area contributed by atoms with Gasteiger partial charge in [0.15, 0.2) is 0 Å². The zero-order valence-corrected chi connectivity index (χ0v) is 17.2. The van der Waals surface area contributed by atoms with Crippen molar-refractivity contribution in [3.8, 4) is 16.3 Å². The van der Waals surface area contributed by atoms with Crippen LogP contribution in [0.2, 0.25) is 0 Å². The van der Waals surface area contributed by atoms with Gasteiger partial charge < -0.3 is 14.6 Å². The van der Waals surface area contributed by atoms with Gasteiger partial charge in [0.25, 0.3) is 0 Å². The molecule has 1 amide bonds. The van der Waals surface area contributed by atoms with Crippen LogP contribution in [-0.4, -0.2) is 33.1 Å². The van der Waals surface area contributed by atoms with Crippen molar-refractivity contribution in [2.24, 2.45) is 5.92 Å².